The topological polar surface area (TPSA) is 51.2 Å². The summed E-state index contributed by atoms with van der Waals surface area (Å²) in [5, 5.41) is 5.04. The Morgan fingerprint density at radius 1 is 1.24 bits per heavy atom. The maximum absolute atomic E-state index is 13.0. The summed E-state index contributed by atoms with van der Waals surface area (Å²) < 4.78 is 18.6. The molecule has 1 aromatic heterocycles. The van der Waals surface area contributed by atoms with Crippen molar-refractivity contribution in [1.29, 1.82) is 0 Å². The summed E-state index contributed by atoms with van der Waals surface area (Å²) in [5.41, 5.74) is 2.55. The van der Waals surface area contributed by atoms with E-state index in [2.05, 4.69) is 10.3 Å². The highest BCUT2D eigenvalue weighted by molar-refractivity contribution is 7.14. The minimum absolute atomic E-state index is 0.276. The van der Waals surface area contributed by atoms with E-state index in [9.17, 15) is 9.18 Å². The lowest BCUT2D eigenvalue weighted by atomic mass is 10.2. The fourth-order valence-corrected chi connectivity index (χ4v) is 2.96. The molecule has 6 heteroatoms. The lowest BCUT2D eigenvalue weighted by Gasteiger charge is -2.14. The van der Waals surface area contributed by atoms with Gasteiger partial charge in [0.15, 0.2) is 11.2 Å². The quantitative estimate of drug-likeness (QED) is 0.723. The molecule has 0 aliphatic heterocycles. The van der Waals surface area contributed by atoms with Gasteiger partial charge in [0, 0.05) is 10.9 Å². The fourth-order valence-electron chi connectivity index (χ4n) is 2.24. The average Bonchev–Trinajstić information content (AvgIpc) is 3.04. The molecule has 3 rings (SSSR count). The summed E-state index contributed by atoms with van der Waals surface area (Å²) in [6, 6.07) is 13.6. The number of aromatic nitrogens is 1. The third-order valence-corrected chi connectivity index (χ3v) is 4.30. The van der Waals surface area contributed by atoms with E-state index in [1.165, 1.54) is 23.5 Å². The number of nitrogens with one attached hydrogen (secondary N) is 1. The van der Waals surface area contributed by atoms with Gasteiger partial charge in [0.25, 0.3) is 5.91 Å². The number of hydrogen-bond acceptors (Lipinski definition) is 4. The molecule has 1 N–H and O–H groups in total. The number of anilines is 1. The van der Waals surface area contributed by atoms with Crippen LogP contribution < -0.4 is 10.1 Å². The van der Waals surface area contributed by atoms with Crippen LogP contribution in [0.1, 0.15) is 12.5 Å². The molecule has 0 aliphatic carbocycles. The van der Waals surface area contributed by atoms with Crippen LogP contribution in [-0.2, 0) is 4.79 Å². The van der Waals surface area contributed by atoms with Gasteiger partial charge in [0.1, 0.15) is 11.6 Å². The van der Waals surface area contributed by atoms with Crippen molar-refractivity contribution >= 4 is 22.4 Å². The first kappa shape index (κ1) is 17.1. The molecule has 3 aromatic rings. The standard InChI is InChI=1S/C19H17FN2O2S/c1-12-4-3-5-16(10-12)24-13(2)18(23)22-19-21-17(11-25-19)14-6-8-15(20)9-7-14/h3-11,13H,1-2H3,(H,21,22,23)/t13-/m1/s1. The molecule has 1 amide bonds. The van der Waals surface area contributed by atoms with Crippen LogP contribution in [0.2, 0.25) is 0 Å². The Bertz CT molecular complexity index is 877. The highest BCUT2D eigenvalue weighted by atomic mass is 32.1. The van der Waals surface area contributed by atoms with Crippen molar-refractivity contribution in [2.24, 2.45) is 0 Å². The number of hydrogen-bond donors (Lipinski definition) is 1. The number of thiazole rings is 1. The number of aryl methyl sites for hydroxylation is 1. The van der Waals surface area contributed by atoms with Crippen molar-refractivity contribution in [3.8, 4) is 17.0 Å². The van der Waals surface area contributed by atoms with E-state index in [-0.39, 0.29) is 11.7 Å². The van der Waals surface area contributed by atoms with E-state index in [1.807, 2.05) is 36.6 Å². The van der Waals surface area contributed by atoms with Crippen molar-refractivity contribution in [3.63, 3.8) is 0 Å². The Kier molecular flexibility index (Phi) is 5.09. The Morgan fingerprint density at radius 2 is 2.00 bits per heavy atom. The van der Waals surface area contributed by atoms with Crippen LogP contribution >= 0.6 is 11.3 Å². The van der Waals surface area contributed by atoms with Crippen LogP contribution in [0.5, 0.6) is 5.75 Å². The zero-order valence-electron chi connectivity index (χ0n) is 13.8. The number of halogens is 1. The third kappa shape index (κ3) is 4.42. The highest BCUT2D eigenvalue weighted by Gasteiger charge is 2.16. The van der Waals surface area contributed by atoms with Gasteiger partial charge in [-0.2, -0.15) is 0 Å². The van der Waals surface area contributed by atoms with Gasteiger partial charge in [-0.1, -0.05) is 12.1 Å². The van der Waals surface area contributed by atoms with Crippen LogP contribution in [-0.4, -0.2) is 17.0 Å². The molecule has 0 saturated carbocycles. The van der Waals surface area contributed by atoms with Gasteiger partial charge in [-0.25, -0.2) is 9.37 Å². The van der Waals surface area contributed by atoms with Crippen molar-refractivity contribution in [2.75, 3.05) is 5.32 Å². The van der Waals surface area contributed by atoms with Crippen molar-refractivity contribution in [2.45, 2.75) is 20.0 Å². The van der Waals surface area contributed by atoms with E-state index in [1.54, 1.807) is 19.1 Å². The molecule has 25 heavy (non-hydrogen) atoms. The van der Waals surface area contributed by atoms with Gasteiger partial charge in [-0.05, 0) is 55.8 Å². The van der Waals surface area contributed by atoms with Gasteiger partial charge in [0.05, 0.1) is 5.69 Å². The second-order valence-corrected chi connectivity index (χ2v) is 6.47. The predicted molar refractivity (Wildman–Crippen MR) is 97.4 cm³/mol. The second-order valence-electron chi connectivity index (χ2n) is 5.61. The molecule has 0 bridgehead atoms. The monoisotopic (exact) mass is 356 g/mol. The zero-order chi connectivity index (χ0) is 17.8. The van der Waals surface area contributed by atoms with Crippen molar-refractivity contribution in [1.82, 2.24) is 4.98 Å². The molecule has 0 saturated heterocycles. The van der Waals surface area contributed by atoms with Crippen molar-refractivity contribution < 1.29 is 13.9 Å². The van der Waals surface area contributed by atoms with E-state index in [4.69, 9.17) is 4.74 Å². The highest BCUT2D eigenvalue weighted by Crippen LogP contribution is 2.25. The molecule has 2 aromatic carbocycles. The molecule has 4 nitrogen and oxygen atoms in total. The first-order valence-corrected chi connectivity index (χ1v) is 8.65. The van der Waals surface area contributed by atoms with Gasteiger partial charge >= 0.3 is 0 Å². The van der Waals surface area contributed by atoms with E-state index >= 15 is 0 Å². The Labute approximate surface area is 149 Å². The molecule has 128 valence electrons. The number of ether oxygens (including phenoxy) is 1. The van der Waals surface area contributed by atoms with E-state index in [0.29, 0.717) is 16.6 Å². The third-order valence-electron chi connectivity index (χ3n) is 3.55. The van der Waals surface area contributed by atoms with Gasteiger partial charge in [-0.15, -0.1) is 11.3 Å². The molecule has 0 unspecified atom stereocenters. The lowest BCUT2D eigenvalue weighted by Crippen LogP contribution is -2.30. The van der Waals surface area contributed by atoms with Gasteiger partial charge in [-0.3, -0.25) is 10.1 Å². The largest absolute Gasteiger partial charge is 0.481 e. The smallest absolute Gasteiger partial charge is 0.266 e. The molecular formula is C19H17FN2O2S. The first-order valence-electron chi connectivity index (χ1n) is 7.77. The molecule has 0 aliphatic rings. The van der Waals surface area contributed by atoms with Crippen LogP contribution in [0.4, 0.5) is 9.52 Å². The van der Waals surface area contributed by atoms with Crippen LogP contribution in [0.25, 0.3) is 11.3 Å². The summed E-state index contributed by atoms with van der Waals surface area (Å²) in [6.45, 7) is 3.65. The van der Waals surface area contributed by atoms with Crippen LogP contribution in [0, 0.1) is 12.7 Å². The number of carbonyl (C=O) groups excluding carboxylic acids is 1. The summed E-state index contributed by atoms with van der Waals surface area (Å²) in [7, 11) is 0. The fraction of sp³-hybridized carbons (Fsp3) is 0.158. The Hall–Kier alpha value is -2.73. The molecule has 0 fully saturated rings. The molecule has 1 heterocycles. The number of rotatable bonds is 5. The first-order chi connectivity index (χ1) is 12.0. The Morgan fingerprint density at radius 3 is 2.72 bits per heavy atom. The van der Waals surface area contributed by atoms with E-state index in [0.717, 1.165) is 11.1 Å². The minimum Gasteiger partial charge on any atom is -0.481 e. The summed E-state index contributed by atoms with van der Waals surface area (Å²) >= 11 is 1.31. The number of nitrogens with zero attached hydrogens (tertiary/aromatic N) is 1. The molecular weight excluding hydrogens is 339 g/mol. The predicted octanol–water partition coefficient (Wildman–Crippen LogP) is 4.66. The normalized spacial score (nSPS) is 11.8. The number of carbonyl (C=O) groups is 1. The van der Waals surface area contributed by atoms with Gasteiger partial charge < -0.3 is 4.74 Å². The molecule has 1 atom stereocenters. The number of benzene rings is 2. The summed E-state index contributed by atoms with van der Waals surface area (Å²) in [6.07, 6.45) is -0.653. The zero-order valence-corrected chi connectivity index (χ0v) is 14.6. The second kappa shape index (κ2) is 7.44. The SMILES string of the molecule is Cc1cccc(O[C@H](C)C(=O)Nc2nc(-c3ccc(F)cc3)cs2)c1. The van der Waals surface area contributed by atoms with E-state index < -0.39 is 6.10 Å². The number of amides is 1. The van der Waals surface area contributed by atoms with Crippen LogP contribution in [0.15, 0.2) is 53.9 Å². The molecule has 0 spiro atoms. The minimum atomic E-state index is -0.653. The molecule has 0 radical (unpaired) electrons. The average molecular weight is 356 g/mol. The summed E-state index contributed by atoms with van der Waals surface area (Å²) in [5.74, 6) is 0.0740. The van der Waals surface area contributed by atoms with Crippen molar-refractivity contribution in [3.05, 3.63) is 65.3 Å². The Balaban J connectivity index is 1.64. The summed E-state index contributed by atoms with van der Waals surface area (Å²) in [4.78, 5) is 16.6. The maximum atomic E-state index is 13.0. The van der Waals surface area contributed by atoms with Gasteiger partial charge in [0.2, 0.25) is 0 Å². The lowest BCUT2D eigenvalue weighted by molar-refractivity contribution is -0.122. The van der Waals surface area contributed by atoms with Crippen LogP contribution in [0.3, 0.4) is 0 Å². The maximum Gasteiger partial charge on any atom is 0.266 e.